The third kappa shape index (κ3) is 4.90. The van der Waals surface area contributed by atoms with Crippen molar-refractivity contribution in [1.82, 2.24) is 0 Å². The molecule has 0 atom stereocenters. The fourth-order valence-electron chi connectivity index (χ4n) is 1.71. The first-order chi connectivity index (χ1) is 10.1. The van der Waals surface area contributed by atoms with E-state index in [-0.39, 0.29) is 0 Å². The number of anilines is 1. The molecule has 0 saturated heterocycles. The van der Waals surface area contributed by atoms with E-state index in [0.29, 0.717) is 13.2 Å². The zero-order valence-corrected chi connectivity index (χ0v) is 16.1. The van der Waals surface area contributed by atoms with Gasteiger partial charge in [0.15, 0.2) is 0 Å². The summed E-state index contributed by atoms with van der Waals surface area (Å²) in [5, 5.41) is 3.31. The van der Waals surface area contributed by atoms with E-state index in [9.17, 15) is 0 Å². The zero-order chi connectivity index (χ0) is 15.2. The third-order valence-corrected chi connectivity index (χ3v) is 4.55. The highest BCUT2D eigenvalue weighted by Crippen LogP contribution is 2.34. The van der Waals surface area contributed by atoms with Crippen LogP contribution in [-0.2, 0) is 0 Å². The smallest absolute Gasteiger partial charge is 0.135 e. The monoisotopic (exact) mass is 477 g/mol. The van der Waals surface area contributed by atoms with E-state index in [2.05, 4.69) is 53.1 Å². The van der Waals surface area contributed by atoms with Crippen LogP contribution in [0.3, 0.4) is 0 Å². The van der Waals surface area contributed by atoms with Crippen molar-refractivity contribution in [2.24, 2.45) is 0 Å². The molecule has 21 heavy (non-hydrogen) atoms. The normalized spacial score (nSPS) is 10.3. The molecule has 0 amide bonds. The van der Waals surface area contributed by atoms with Crippen molar-refractivity contribution in [1.29, 1.82) is 0 Å². The van der Waals surface area contributed by atoms with Gasteiger partial charge in [-0.25, -0.2) is 0 Å². The Hall–Kier alpha value is -0.720. The Morgan fingerprint density at radius 1 is 1.00 bits per heavy atom. The Kier molecular flexibility index (Phi) is 6.39. The van der Waals surface area contributed by atoms with E-state index < -0.39 is 0 Å². The van der Waals surface area contributed by atoms with Crippen molar-refractivity contribution in [2.45, 2.75) is 0 Å². The second-order valence-corrected chi connectivity index (χ2v) is 6.82. The molecule has 0 radical (unpaired) electrons. The van der Waals surface area contributed by atoms with E-state index in [0.717, 1.165) is 30.6 Å². The molecule has 0 aliphatic heterocycles. The van der Waals surface area contributed by atoms with Crippen molar-refractivity contribution >= 4 is 53.5 Å². The Labute approximate surface area is 149 Å². The first kappa shape index (κ1) is 16.6. The van der Waals surface area contributed by atoms with Crippen molar-refractivity contribution in [3.63, 3.8) is 0 Å². The van der Waals surface area contributed by atoms with Crippen LogP contribution < -0.4 is 14.8 Å². The summed E-state index contributed by atoms with van der Waals surface area (Å²) in [6.45, 7) is 1.27. The molecule has 0 aliphatic carbocycles. The number of benzene rings is 2. The molecule has 1 N–H and O–H groups in total. The summed E-state index contributed by atoms with van der Waals surface area (Å²) in [4.78, 5) is 0. The zero-order valence-electron chi connectivity index (χ0n) is 11.3. The second-order valence-electron chi connectivity index (χ2n) is 4.20. The lowest BCUT2D eigenvalue weighted by Crippen LogP contribution is -2.11. The maximum absolute atomic E-state index is 5.66. The number of halogens is 3. The van der Waals surface area contributed by atoms with Crippen LogP contribution in [0.4, 0.5) is 5.69 Å². The fourth-order valence-corrected chi connectivity index (χ4v) is 3.27. The van der Waals surface area contributed by atoms with Gasteiger partial charge in [-0.3, -0.25) is 0 Å². The molecule has 3 nitrogen and oxygen atoms in total. The van der Waals surface area contributed by atoms with E-state index in [1.165, 1.54) is 0 Å². The summed E-state index contributed by atoms with van der Waals surface area (Å²) in [6.07, 6.45) is 0. The van der Waals surface area contributed by atoms with Crippen LogP contribution in [0, 0.1) is 0 Å². The summed E-state index contributed by atoms with van der Waals surface area (Å²) < 4.78 is 13.9. The van der Waals surface area contributed by atoms with Crippen LogP contribution in [0.2, 0.25) is 0 Å². The van der Waals surface area contributed by atoms with Crippen molar-refractivity contribution in [3.05, 3.63) is 49.8 Å². The minimum Gasteiger partial charge on any atom is -0.495 e. The van der Waals surface area contributed by atoms with Gasteiger partial charge in [-0.05, 0) is 62.2 Å². The van der Waals surface area contributed by atoms with Crippen LogP contribution >= 0.6 is 47.8 Å². The van der Waals surface area contributed by atoms with E-state index in [1.54, 1.807) is 7.11 Å². The molecular weight excluding hydrogens is 466 g/mol. The van der Waals surface area contributed by atoms with Gasteiger partial charge in [-0.2, -0.15) is 0 Å². The first-order valence-electron chi connectivity index (χ1n) is 6.25. The van der Waals surface area contributed by atoms with Gasteiger partial charge in [0.05, 0.1) is 17.3 Å². The van der Waals surface area contributed by atoms with E-state index in [1.807, 2.05) is 36.4 Å². The summed E-state index contributed by atoms with van der Waals surface area (Å²) in [6, 6.07) is 11.7. The predicted molar refractivity (Wildman–Crippen MR) is 96.5 cm³/mol. The fraction of sp³-hybridized carbons (Fsp3) is 0.200. The Morgan fingerprint density at radius 2 is 1.71 bits per heavy atom. The molecule has 0 saturated carbocycles. The molecule has 0 bridgehead atoms. The largest absolute Gasteiger partial charge is 0.495 e. The lowest BCUT2D eigenvalue weighted by atomic mass is 10.3. The molecule has 0 fully saturated rings. The van der Waals surface area contributed by atoms with Crippen LogP contribution in [0.1, 0.15) is 0 Å². The van der Waals surface area contributed by atoms with Gasteiger partial charge < -0.3 is 14.8 Å². The Bertz CT molecular complexity index is 603. The molecule has 0 aliphatic rings. The maximum Gasteiger partial charge on any atom is 0.135 e. The van der Waals surface area contributed by atoms with E-state index in [4.69, 9.17) is 9.47 Å². The molecule has 2 aromatic rings. The number of ether oxygens (including phenoxy) is 2. The first-order valence-corrected chi connectivity index (χ1v) is 8.63. The molecule has 6 heteroatoms. The highest BCUT2D eigenvalue weighted by atomic mass is 79.9. The number of methoxy groups -OCH3 is 1. The predicted octanol–water partition coefficient (Wildman–Crippen LogP) is 5.47. The molecule has 112 valence electrons. The Morgan fingerprint density at radius 3 is 2.38 bits per heavy atom. The molecular formula is C15H14Br3NO2. The van der Waals surface area contributed by atoms with Gasteiger partial charge in [-0.15, -0.1) is 0 Å². The molecule has 2 rings (SSSR count). The van der Waals surface area contributed by atoms with Crippen molar-refractivity contribution < 1.29 is 9.47 Å². The van der Waals surface area contributed by atoms with Gasteiger partial charge >= 0.3 is 0 Å². The lowest BCUT2D eigenvalue weighted by Gasteiger charge is -2.12. The van der Waals surface area contributed by atoms with Crippen LogP contribution in [-0.4, -0.2) is 20.3 Å². The minimum atomic E-state index is 0.576. The van der Waals surface area contributed by atoms with Crippen LogP contribution in [0.5, 0.6) is 11.5 Å². The standard InChI is InChI=1S/C15H14Br3NO2/c1-20-15-9-14(12(17)8-13(15)18)19-6-7-21-11-4-2-10(16)3-5-11/h2-5,8-9,19H,6-7H2,1H3. The van der Waals surface area contributed by atoms with Gasteiger partial charge in [-0.1, -0.05) is 15.9 Å². The summed E-state index contributed by atoms with van der Waals surface area (Å²) in [5.41, 5.74) is 0.967. The second kappa shape index (κ2) is 8.06. The van der Waals surface area contributed by atoms with Crippen molar-refractivity contribution in [2.75, 3.05) is 25.6 Å². The van der Waals surface area contributed by atoms with Gasteiger partial charge in [0.2, 0.25) is 0 Å². The average Bonchev–Trinajstić information content (AvgIpc) is 2.47. The number of rotatable bonds is 6. The van der Waals surface area contributed by atoms with Gasteiger partial charge in [0.25, 0.3) is 0 Å². The van der Waals surface area contributed by atoms with E-state index >= 15 is 0 Å². The van der Waals surface area contributed by atoms with Crippen LogP contribution in [0.15, 0.2) is 49.8 Å². The maximum atomic E-state index is 5.66. The summed E-state index contributed by atoms with van der Waals surface area (Å²) in [5.74, 6) is 1.64. The molecule has 0 spiro atoms. The summed E-state index contributed by atoms with van der Waals surface area (Å²) in [7, 11) is 1.65. The number of hydrogen-bond donors (Lipinski definition) is 1. The molecule has 0 heterocycles. The minimum absolute atomic E-state index is 0.576. The Balaban J connectivity index is 1.87. The molecule has 0 unspecified atom stereocenters. The van der Waals surface area contributed by atoms with Crippen LogP contribution in [0.25, 0.3) is 0 Å². The molecule has 0 aromatic heterocycles. The summed E-state index contributed by atoms with van der Waals surface area (Å²) >= 11 is 10.4. The topological polar surface area (TPSA) is 30.5 Å². The average molecular weight is 480 g/mol. The van der Waals surface area contributed by atoms with Crippen molar-refractivity contribution in [3.8, 4) is 11.5 Å². The number of hydrogen-bond acceptors (Lipinski definition) is 3. The quantitative estimate of drug-likeness (QED) is 0.557. The van der Waals surface area contributed by atoms with Gasteiger partial charge in [0.1, 0.15) is 18.1 Å². The highest BCUT2D eigenvalue weighted by molar-refractivity contribution is 9.11. The third-order valence-electron chi connectivity index (χ3n) is 2.74. The highest BCUT2D eigenvalue weighted by Gasteiger charge is 2.06. The van der Waals surface area contributed by atoms with Gasteiger partial charge in [0, 0.05) is 21.6 Å². The number of nitrogens with one attached hydrogen (secondary N) is 1. The lowest BCUT2D eigenvalue weighted by molar-refractivity contribution is 0.333. The SMILES string of the molecule is COc1cc(NCCOc2ccc(Br)cc2)c(Br)cc1Br. The molecule has 2 aromatic carbocycles.